The molecule has 0 N–H and O–H groups in total. The van der Waals surface area contributed by atoms with Gasteiger partial charge in [0, 0.05) is 24.2 Å². The monoisotopic (exact) mass is 420 g/mol. The predicted molar refractivity (Wildman–Crippen MR) is 115 cm³/mol. The van der Waals surface area contributed by atoms with Gasteiger partial charge < -0.3 is 9.64 Å². The van der Waals surface area contributed by atoms with Crippen molar-refractivity contribution in [3.8, 4) is 0 Å². The van der Waals surface area contributed by atoms with E-state index in [1.54, 1.807) is 12.3 Å². The van der Waals surface area contributed by atoms with E-state index < -0.39 is 0 Å². The van der Waals surface area contributed by atoms with Crippen molar-refractivity contribution in [2.75, 3.05) is 18.1 Å². The lowest BCUT2D eigenvalue weighted by molar-refractivity contribution is 0.0526. The summed E-state index contributed by atoms with van der Waals surface area (Å²) in [5, 5.41) is 1.74. The molecule has 2 aliphatic rings. The third kappa shape index (κ3) is 3.25. The van der Waals surface area contributed by atoms with Crippen molar-refractivity contribution < 1.29 is 9.53 Å². The molecule has 2 heterocycles. The fourth-order valence-electron chi connectivity index (χ4n) is 5.58. The molecule has 28 heavy (non-hydrogen) atoms. The van der Waals surface area contributed by atoms with Gasteiger partial charge in [0.25, 0.3) is 0 Å². The number of hydrogen-bond acceptors (Lipinski definition) is 4. The summed E-state index contributed by atoms with van der Waals surface area (Å²) in [6, 6.07) is 4.08. The SMILES string of the molecule is CCOC(=O)c1cnc2c(Cl)c(Cl)ccc2c1N1CC2(C)CC1CC(C)(C)C2. The maximum atomic E-state index is 12.8. The molecule has 2 fully saturated rings. The van der Waals surface area contributed by atoms with E-state index in [9.17, 15) is 4.79 Å². The first-order valence-corrected chi connectivity index (χ1v) is 10.6. The molecule has 1 saturated heterocycles. The Bertz CT molecular complexity index is 959. The number of ether oxygens (including phenoxy) is 1. The number of carbonyl (C=O) groups is 1. The van der Waals surface area contributed by atoms with Gasteiger partial charge in [0.15, 0.2) is 0 Å². The van der Waals surface area contributed by atoms with Crippen LogP contribution in [0.2, 0.25) is 10.0 Å². The van der Waals surface area contributed by atoms with Crippen LogP contribution in [0.5, 0.6) is 0 Å². The number of pyridine rings is 1. The molecule has 2 bridgehead atoms. The normalized spacial score (nSPS) is 25.9. The summed E-state index contributed by atoms with van der Waals surface area (Å²) in [7, 11) is 0. The molecular formula is C22H26Cl2N2O2. The summed E-state index contributed by atoms with van der Waals surface area (Å²) in [4.78, 5) is 19.6. The van der Waals surface area contributed by atoms with Crippen LogP contribution in [0.1, 0.15) is 57.3 Å². The molecule has 2 aromatic rings. The van der Waals surface area contributed by atoms with E-state index in [2.05, 4.69) is 30.7 Å². The number of carbonyl (C=O) groups excluding carboxylic acids is 1. The number of esters is 1. The Balaban J connectivity index is 1.93. The van der Waals surface area contributed by atoms with Crippen molar-refractivity contribution in [1.29, 1.82) is 0 Å². The summed E-state index contributed by atoms with van der Waals surface area (Å²) in [5.41, 5.74) is 2.52. The average Bonchev–Trinajstić information content (AvgIpc) is 2.86. The minimum absolute atomic E-state index is 0.226. The molecular weight excluding hydrogens is 395 g/mol. The largest absolute Gasteiger partial charge is 0.462 e. The summed E-state index contributed by atoms with van der Waals surface area (Å²) < 4.78 is 5.34. The van der Waals surface area contributed by atoms with Crippen LogP contribution < -0.4 is 4.90 Å². The van der Waals surface area contributed by atoms with Gasteiger partial charge in [-0.15, -0.1) is 0 Å². The molecule has 4 rings (SSSR count). The molecule has 150 valence electrons. The number of fused-ring (bicyclic) bond motifs is 3. The zero-order chi connectivity index (χ0) is 20.3. The van der Waals surface area contributed by atoms with E-state index >= 15 is 0 Å². The number of nitrogens with zero attached hydrogens (tertiary/aromatic N) is 2. The van der Waals surface area contributed by atoms with E-state index in [-0.39, 0.29) is 16.8 Å². The highest BCUT2D eigenvalue weighted by molar-refractivity contribution is 6.45. The van der Waals surface area contributed by atoms with Crippen LogP contribution in [0, 0.1) is 10.8 Å². The fraction of sp³-hybridized carbons (Fsp3) is 0.545. The second kappa shape index (κ2) is 6.77. The molecule has 6 heteroatoms. The molecule has 1 saturated carbocycles. The van der Waals surface area contributed by atoms with Gasteiger partial charge in [0.05, 0.1) is 27.9 Å². The Hall–Kier alpha value is -1.52. The number of hydrogen-bond donors (Lipinski definition) is 0. The van der Waals surface area contributed by atoms with Gasteiger partial charge in [-0.1, -0.05) is 44.0 Å². The van der Waals surface area contributed by atoms with E-state index in [1.807, 2.05) is 13.0 Å². The molecule has 0 spiro atoms. The van der Waals surface area contributed by atoms with Crippen molar-refractivity contribution in [3.63, 3.8) is 0 Å². The zero-order valence-electron chi connectivity index (χ0n) is 16.8. The molecule has 2 atom stereocenters. The van der Waals surface area contributed by atoms with Gasteiger partial charge in [-0.2, -0.15) is 0 Å². The molecule has 0 amide bonds. The van der Waals surface area contributed by atoms with Gasteiger partial charge in [-0.25, -0.2) is 4.79 Å². The fourth-order valence-corrected chi connectivity index (χ4v) is 5.95. The van der Waals surface area contributed by atoms with Gasteiger partial charge in [0.1, 0.15) is 5.56 Å². The van der Waals surface area contributed by atoms with Gasteiger partial charge in [0.2, 0.25) is 0 Å². The highest BCUT2D eigenvalue weighted by Gasteiger charge is 2.50. The number of benzene rings is 1. The van der Waals surface area contributed by atoms with Crippen LogP contribution in [0.25, 0.3) is 10.9 Å². The molecule has 1 aliphatic carbocycles. The van der Waals surface area contributed by atoms with Gasteiger partial charge in [-0.05, 0) is 49.1 Å². The topological polar surface area (TPSA) is 42.4 Å². The van der Waals surface area contributed by atoms with Crippen molar-refractivity contribution in [2.45, 2.75) is 53.0 Å². The summed E-state index contributed by atoms with van der Waals surface area (Å²) in [6.07, 6.45) is 4.99. The highest BCUT2D eigenvalue weighted by atomic mass is 35.5. The first-order chi connectivity index (χ1) is 13.1. The first-order valence-electron chi connectivity index (χ1n) is 9.85. The minimum Gasteiger partial charge on any atom is -0.462 e. The summed E-state index contributed by atoms with van der Waals surface area (Å²) >= 11 is 12.7. The number of anilines is 1. The van der Waals surface area contributed by atoms with Crippen molar-refractivity contribution >= 4 is 45.8 Å². The standard InChI is InChI=1S/C22H26Cl2N2O2/c1-5-28-20(27)15-10-25-18-14(6-7-16(23)17(18)24)19(15)26-12-22(4)9-13(26)8-21(2,3)11-22/h6-7,10,13H,5,8-9,11-12H2,1-4H3. The second-order valence-electron chi connectivity index (χ2n) is 9.34. The number of rotatable bonds is 3. The van der Waals surface area contributed by atoms with Gasteiger partial charge in [-0.3, -0.25) is 4.98 Å². The van der Waals surface area contributed by atoms with Crippen molar-refractivity contribution in [1.82, 2.24) is 4.98 Å². The predicted octanol–water partition coefficient (Wildman–Crippen LogP) is 6.12. The maximum Gasteiger partial charge on any atom is 0.341 e. The van der Waals surface area contributed by atoms with Crippen LogP contribution in [-0.4, -0.2) is 30.1 Å². The maximum absolute atomic E-state index is 12.8. The molecule has 1 aromatic carbocycles. The lowest BCUT2D eigenvalue weighted by atomic mass is 9.65. The third-order valence-corrected chi connectivity index (χ3v) is 6.89. The third-order valence-electron chi connectivity index (χ3n) is 6.10. The molecule has 4 nitrogen and oxygen atoms in total. The van der Waals surface area contributed by atoms with Crippen LogP contribution in [0.15, 0.2) is 18.3 Å². The van der Waals surface area contributed by atoms with E-state index in [0.29, 0.717) is 33.8 Å². The highest BCUT2D eigenvalue weighted by Crippen LogP contribution is 2.54. The Labute approximate surface area is 176 Å². The number of aromatic nitrogens is 1. The Kier molecular flexibility index (Phi) is 4.79. The molecule has 1 aliphatic heterocycles. The quantitative estimate of drug-likeness (QED) is 0.560. The van der Waals surface area contributed by atoms with E-state index in [0.717, 1.165) is 30.5 Å². The Morgan fingerprint density at radius 2 is 2.04 bits per heavy atom. The molecule has 2 unspecified atom stereocenters. The lowest BCUT2D eigenvalue weighted by Gasteiger charge is -2.39. The molecule has 1 aromatic heterocycles. The Morgan fingerprint density at radius 3 is 2.75 bits per heavy atom. The van der Waals surface area contributed by atoms with Crippen LogP contribution in [0.4, 0.5) is 5.69 Å². The van der Waals surface area contributed by atoms with E-state index in [4.69, 9.17) is 27.9 Å². The van der Waals surface area contributed by atoms with Gasteiger partial charge >= 0.3 is 5.97 Å². The smallest absolute Gasteiger partial charge is 0.341 e. The van der Waals surface area contributed by atoms with E-state index in [1.165, 1.54) is 6.42 Å². The van der Waals surface area contributed by atoms with Crippen molar-refractivity contribution in [3.05, 3.63) is 33.9 Å². The Morgan fingerprint density at radius 1 is 1.29 bits per heavy atom. The van der Waals surface area contributed by atoms with Crippen LogP contribution in [0.3, 0.4) is 0 Å². The molecule has 0 radical (unpaired) electrons. The van der Waals surface area contributed by atoms with Crippen molar-refractivity contribution in [2.24, 2.45) is 10.8 Å². The van der Waals surface area contributed by atoms with Crippen LogP contribution in [-0.2, 0) is 4.74 Å². The zero-order valence-corrected chi connectivity index (χ0v) is 18.3. The first kappa shape index (κ1) is 19.8. The number of halogens is 2. The minimum atomic E-state index is -0.344. The summed E-state index contributed by atoms with van der Waals surface area (Å²) in [6.45, 7) is 10.1. The lowest BCUT2D eigenvalue weighted by Crippen LogP contribution is -2.35. The second-order valence-corrected chi connectivity index (χ2v) is 10.1. The van der Waals surface area contributed by atoms with Crippen LogP contribution >= 0.6 is 23.2 Å². The average molecular weight is 421 g/mol. The summed E-state index contributed by atoms with van der Waals surface area (Å²) in [5.74, 6) is -0.344.